The van der Waals surface area contributed by atoms with Crippen molar-refractivity contribution >= 4 is 29.3 Å². The Morgan fingerprint density at radius 3 is 2.88 bits per heavy atom. The van der Waals surface area contributed by atoms with Gasteiger partial charge in [-0.2, -0.15) is 0 Å². The lowest BCUT2D eigenvalue weighted by molar-refractivity contribution is 0.0717. The van der Waals surface area contributed by atoms with Crippen LogP contribution >= 0.6 is 12.4 Å². The Bertz CT molecular complexity index is 758. The van der Waals surface area contributed by atoms with Gasteiger partial charge in [0.2, 0.25) is 0 Å². The first-order chi connectivity index (χ1) is 11.2. The zero-order valence-electron chi connectivity index (χ0n) is 14.0. The molecule has 2 saturated heterocycles. The summed E-state index contributed by atoms with van der Waals surface area (Å²) in [5.41, 5.74) is 1.62. The molecule has 0 spiro atoms. The van der Waals surface area contributed by atoms with E-state index in [-0.39, 0.29) is 18.3 Å². The minimum Gasteiger partial charge on any atom is -0.497 e. The van der Waals surface area contributed by atoms with Crippen LogP contribution in [0.4, 0.5) is 0 Å². The smallest absolute Gasteiger partial charge is 0.289 e. The van der Waals surface area contributed by atoms with Gasteiger partial charge in [-0.25, -0.2) is 0 Å². The maximum absolute atomic E-state index is 12.9. The molecule has 130 valence electrons. The average Bonchev–Trinajstić information content (AvgIpc) is 3.06. The van der Waals surface area contributed by atoms with E-state index in [1.807, 2.05) is 30.0 Å². The topological polar surface area (TPSA) is 54.7 Å². The predicted octanol–water partition coefficient (Wildman–Crippen LogP) is 3.14. The van der Waals surface area contributed by atoms with Crippen molar-refractivity contribution in [1.82, 2.24) is 10.2 Å². The monoisotopic (exact) mass is 350 g/mol. The first-order valence-corrected chi connectivity index (χ1v) is 8.28. The second-order valence-corrected chi connectivity index (χ2v) is 6.60. The van der Waals surface area contributed by atoms with Crippen molar-refractivity contribution in [1.29, 1.82) is 0 Å². The third kappa shape index (κ3) is 2.87. The largest absolute Gasteiger partial charge is 0.497 e. The Labute approximate surface area is 147 Å². The third-order valence-corrected chi connectivity index (χ3v) is 5.15. The summed E-state index contributed by atoms with van der Waals surface area (Å²) in [4.78, 5) is 14.9. The molecule has 3 heterocycles. The zero-order chi connectivity index (χ0) is 16.0. The van der Waals surface area contributed by atoms with Crippen LogP contribution in [-0.4, -0.2) is 43.1 Å². The van der Waals surface area contributed by atoms with E-state index in [2.05, 4.69) is 5.32 Å². The van der Waals surface area contributed by atoms with Gasteiger partial charge in [0.1, 0.15) is 11.3 Å². The molecule has 2 atom stereocenters. The molecule has 2 aliphatic heterocycles. The van der Waals surface area contributed by atoms with E-state index in [4.69, 9.17) is 9.15 Å². The number of hydrogen-bond acceptors (Lipinski definition) is 4. The molecule has 2 bridgehead atoms. The molecular weight excluding hydrogens is 328 g/mol. The molecule has 1 aromatic heterocycles. The van der Waals surface area contributed by atoms with Crippen LogP contribution in [0, 0.1) is 6.92 Å². The number of carbonyl (C=O) groups is 1. The number of ether oxygens (including phenoxy) is 1. The lowest BCUT2D eigenvalue weighted by atomic mass is 10.1. The highest BCUT2D eigenvalue weighted by atomic mass is 35.5. The highest BCUT2D eigenvalue weighted by molar-refractivity contribution is 5.99. The van der Waals surface area contributed by atoms with E-state index < -0.39 is 0 Å². The fourth-order valence-corrected chi connectivity index (χ4v) is 3.81. The first kappa shape index (κ1) is 17.1. The van der Waals surface area contributed by atoms with Gasteiger partial charge in [-0.1, -0.05) is 0 Å². The van der Waals surface area contributed by atoms with E-state index in [9.17, 15) is 4.79 Å². The number of hydrogen-bond donors (Lipinski definition) is 1. The molecule has 4 rings (SSSR count). The van der Waals surface area contributed by atoms with Crippen LogP contribution in [-0.2, 0) is 0 Å². The van der Waals surface area contributed by atoms with E-state index in [1.165, 1.54) is 6.42 Å². The van der Waals surface area contributed by atoms with Crippen LogP contribution in [0.2, 0.25) is 0 Å². The molecule has 0 unspecified atom stereocenters. The summed E-state index contributed by atoms with van der Waals surface area (Å²) in [7, 11) is 1.63. The van der Waals surface area contributed by atoms with Gasteiger partial charge >= 0.3 is 0 Å². The SMILES string of the molecule is COc1ccc2c(C)c(C(=O)N3CC[C@H]4CC[C@@H](C3)N4)oc2c1.Cl. The highest BCUT2D eigenvalue weighted by Gasteiger charge is 2.33. The van der Waals surface area contributed by atoms with Gasteiger partial charge in [0.25, 0.3) is 5.91 Å². The number of nitrogens with one attached hydrogen (secondary N) is 1. The Balaban J connectivity index is 0.00000169. The van der Waals surface area contributed by atoms with Gasteiger partial charge < -0.3 is 19.4 Å². The van der Waals surface area contributed by atoms with Crippen molar-refractivity contribution in [3.63, 3.8) is 0 Å². The molecule has 1 N–H and O–H groups in total. The van der Waals surface area contributed by atoms with Crippen LogP contribution in [0.1, 0.15) is 35.4 Å². The van der Waals surface area contributed by atoms with Crippen LogP contribution in [0.25, 0.3) is 11.0 Å². The van der Waals surface area contributed by atoms with Gasteiger partial charge in [0.15, 0.2) is 5.76 Å². The van der Waals surface area contributed by atoms with E-state index >= 15 is 0 Å². The fraction of sp³-hybridized carbons (Fsp3) is 0.500. The molecule has 0 saturated carbocycles. The Morgan fingerprint density at radius 1 is 1.29 bits per heavy atom. The van der Waals surface area contributed by atoms with Crippen molar-refractivity contribution < 1.29 is 13.9 Å². The number of rotatable bonds is 2. The molecule has 2 aliphatic rings. The predicted molar refractivity (Wildman–Crippen MR) is 95.2 cm³/mol. The molecule has 24 heavy (non-hydrogen) atoms. The highest BCUT2D eigenvalue weighted by Crippen LogP contribution is 2.30. The summed E-state index contributed by atoms with van der Waals surface area (Å²) in [5, 5.41) is 4.58. The van der Waals surface area contributed by atoms with Crippen molar-refractivity contribution in [2.24, 2.45) is 0 Å². The normalized spacial score (nSPS) is 23.0. The number of fused-ring (bicyclic) bond motifs is 3. The van der Waals surface area contributed by atoms with Crippen LogP contribution in [0.3, 0.4) is 0 Å². The number of carbonyl (C=O) groups excluding carboxylic acids is 1. The van der Waals surface area contributed by atoms with Crippen LogP contribution in [0.5, 0.6) is 5.75 Å². The number of aryl methyl sites for hydroxylation is 1. The van der Waals surface area contributed by atoms with Crippen molar-refractivity contribution in [2.45, 2.75) is 38.3 Å². The Morgan fingerprint density at radius 2 is 2.08 bits per heavy atom. The van der Waals surface area contributed by atoms with E-state index in [0.717, 1.165) is 42.6 Å². The van der Waals surface area contributed by atoms with Crippen molar-refractivity contribution in [3.8, 4) is 5.75 Å². The number of nitrogens with zero attached hydrogens (tertiary/aromatic N) is 1. The molecule has 1 amide bonds. The van der Waals surface area contributed by atoms with E-state index in [1.54, 1.807) is 7.11 Å². The molecular formula is C18H23ClN2O3. The maximum atomic E-state index is 12.9. The number of amides is 1. The number of likely N-dealkylation sites (tertiary alicyclic amines) is 1. The van der Waals surface area contributed by atoms with Gasteiger partial charge in [-0.15, -0.1) is 12.4 Å². The maximum Gasteiger partial charge on any atom is 0.289 e. The second-order valence-electron chi connectivity index (χ2n) is 6.60. The van der Waals surface area contributed by atoms with Gasteiger partial charge in [0, 0.05) is 42.2 Å². The molecule has 1 aromatic carbocycles. The number of halogens is 1. The van der Waals surface area contributed by atoms with Gasteiger partial charge in [-0.3, -0.25) is 4.79 Å². The van der Waals surface area contributed by atoms with Crippen molar-refractivity contribution in [2.75, 3.05) is 20.2 Å². The fourth-order valence-electron chi connectivity index (χ4n) is 3.81. The molecule has 0 aliphatic carbocycles. The Hall–Kier alpha value is -1.72. The molecule has 2 fully saturated rings. The summed E-state index contributed by atoms with van der Waals surface area (Å²) < 4.78 is 11.1. The van der Waals surface area contributed by atoms with E-state index in [0.29, 0.717) is 23.4 Å². The molecule has 5 nitrogen and oxygen atoms in total. The van der Waals surface area contributed by atoms with Crippen molar-refractivity contribution in [3.05, 3.63) is 29.5 Å². The third-order valence-electron chi connectivity index (χ3n) is 5.15. The first-order valence-electron chi connectivity index (χ1n) is 8.28. The molecule has 6 heteroatoms. The molecule has 0 radical (unpaired) electrons. The summed E-state index contributed by atoms with van der Waals surface area (Å²) in [6.45, 7) is 3.52. The minimum absolute atomic E-state index is 0. The minimum atomic E-state index is 0. The van der Waals surface area contributed by atoms with Gasteiger partial charge in [0.05, 0.1) is 7.11 Å². The second kappa shape index (κ2) is 6.65. The molecule has 2 aromatic rings. The number of methoxy groups -OCH3 is 1. The summed E-state index contributed by atoms with van der Waals surface area (Å²) >= 11 is 0. The Kier molecular flexibility index (Phi) is 4.74. The van der Waals surface area contributed by atoms with Gasteiger partial charge in [-0.05, 0) is 38.3 Å². The quantitative estimate of drug-likeness (QED) is 0.904. The van der Waals surface area contributed by atoms with Crippen LogP contribution in [0.15, 0.2) is 22.6 Å². The lowest BCUT2D eigenvalue weighted by Gasteiger charge is -2.23. The standard InChI is InChI=1S/C18H22N2O3.ClH/c1-11-15-6-5-14(22-2)9-16(15)23-17(11)18(21)20-8-7-12-3-4-13(10-20)19-12;/h5-6,9,12-13,19H,3-4,7-8,10H2,1-2H3;1H/t12-,13+;/m1./s1. The summed E-state index contributed by atoms with van der Waals surface area (Å²) in [5.74, 6) is 1.21. The average molecular weight is 351 g/mol. The summed E-state index contributed by atoms with van der Waals surface area (Å²) in [6.07, 6.45) is 3.41. The number of furan rings is 1. The summed E-state index contributed by atoms with van der Waals surface area (Å²) in [6, 6.07) is 6.68. The number of benzene rings is 1. The zero-order valence-corrected chi connectivity index (χ0v) is 14.8. The lowest BCUT2D eigenvalue weighted by Crippen LogP contribution is -2.39. The van der Waals surface area contributed by atoms with Crippen LogP contribution < -0.4 is 10.1 Å².